The van der Waals surface area contributed by atoms with Crippen molar-refractivity contribution in [1.29, 1.82) is 0 Å². The Morgan fingerprint density at radius 1 is 0.153 bits per heavy atom. The van der Waals surface area contributed by atoms with Crippen LogP contribution in [0.5, 0.6) is 0 Å². The van der Waals surface area contributed by atoms with Crippen LogP contribution >= 0.6 is 0 Å². The second-order valence-corrected chi connectivity index (χ2v) is 65.0. The van der Waals surface area contributed by atoms with E-state index in [2.05, 4.69) is 519 Å². The van der Waals surface area contributed by atoms with Crippen molar-refractivity contribution in [3.63, 3.8) is 0 Å². The van der Waals surface area contributed by atoms with Gasteiger partial charge in [-0.15, -0.1) is 0 Å². The first-order valence-electron chi connectivity index (χ1n) is 61.1. The molecule has 0 amide bonds. The quantitative estimate of drug-likeness (QED) is 0.0545. The Morgan fingerprint density at radius 2 is 0.267 bits per heavy atom. The zero-order valence-corrected chi connectivity index (χ0v) is 121. The first-order chi connectivity index (χ1) is 65.6. The summed E-state index contributed by atoms with van der Waals surface area (Å²) in [6.45, 7) is 184. The van der Waals surface area contributed by atoms with Gasteiger partial charge in [0.1, 0.15) is 0 Å². The molecule has 0 spiro atoms. The van der Waals surface area contributed by atoms with Crippen LogP contribution in [0.3, 0.4) is 0 Å². The Balaban J connectivity index is -0.000000100. The van der Waals surface area contributed by atoms with Crippen molar-refractivity contribution in [3.05, 3.63) is 0 Å². The summed E-state index contributed by atoms with van der Waals surface area (Å²) >= 11 is 0. The van der Waals surface area contributed by atoms with Crippen LogP contribution in [-0.2, 0) is 33.2 Å². The van der Waals surface area contributed by atoms with E-state index in [4.69, 9.17) is 53.6 Å². The van der Waals surface area contributed by atoms with E-state index >= 15 is 0 Å². The van der Waals surface area contributed by atoms with Gasteiger partial charge in [-0.05, 0) is 300 Å². The lowest BCUT2D eigenvalue weighted by molar-refractivity contribution is 0.000785. The topological polar surface area (TPSA) is 146 Å². The summed E-state index contributed by atoms with van der Waals surface area (Å²) < 4.78 is 36.9. The minimum atomic E-state index is -0.190. The third kappa shape index (κ3) is 108. The second-order valence-electron chi connectivity index (χ2n) is 65.0. The predicted molar refractivity (Wildman–Crippen MR) is 687 cm³/mol. The summed E-state index contributed by atoms with van der Waals surface area (Å²) in [7, 11) is 8.87. The maximum absolute atomic E-state index is 9.16. The summed E-state index contributed by atoms with van der Waals surface area (Å²) in [5.74, 6) is 15.0. The van der Waals surface area contributed by atoms with Gasteiger partial charge in [0.15, 0.2) is 0 Å². The number of methoxy groups -OCH3 is 5. The summed E-state index contributed by atoms with van der Waals surface area (Å²) in [6, 6.07) is 0. The van der Waals surface area contributed by atoms with Gasteiger partial charge in [-0.3, -0.25) is 0 Å². The van der Waals surface area contributed by atoms with Gasteiger partial charge in [0, 0.05) is 68.6 Å². The van der Waals surface area contributed by atoms with Crippen molar-refractivity contribution in [3.8, 4) is 0 Å². The van der Waals surface area contributed by atoms with E-state index in [0.29, 0.717) is 131 Å². The molecule has 0 aliphatic carbocycles. The van der Waals surface area contributed by atoms with E-state index in [1.54, 1.807) is 35.5 Å². The number of hydrogen-bond acceptors (Lipinski definition) is 11. The number of aliphatic hydroxyl groups excluding tert-OH is 4. The highest BCUT2D eigenvalue weighted by atomic mass is 16.5. The molecule has 11 heteroatoms. The molecule has 0 heterocycles. The average Bonchev–Trinajstić information content (AvgIpc) is 0.863. The molecule has 0 aromatic heterocycles. The largest absolute Gasteiger partial charge is 0.393 e. The molecule has 0 aliphatic rings. The highest BCUT2D eigenvalue weighted by Gasteiger charge is 2.35. The summed E-state index contributed by atoms with van der Waals surface area (Å²) in [6.07, 6.45) is 4.25. The van der Waals surface area contributed by atoms with Crippen LogP contribution in [0.25, 0.3) is 0 Å². The SMILES string of the molecule is CC(C)[C@@H](C)C(C)(C)C.CC(C)[C@@H](C)C(C)(C)C.CC(C)[C@H](C)C(C)(C)C.CC(C)[C@H](C)C(C)(C)C.CCO[C@@H](C)[C@H](C)C(C)(C)C.CCO[C@H](C)[C@H](C)C(C)(C)C.COCC[C@@H](C(C)C)C(C)(C)C.COCC[C@H](C(C)C)C(C)(C)C.COCC[C@H](C(C)C)C(C)(C)C.CO[C@@H](C)[C@H](C)C(C)(C)C.CO[C@H](C)[C@@H](C)C(C)(C)C.C[C@@H](O)[C@H](C)C(C)(C)C.C[C@H](O)[C@@H](C)C(C)(C)C.C[C@H](O)[C@H](C)C(C)(C)C.C[C@H]([C@@H](C)O)C(C)(C)C. The molecule has 930 valence electrons. The first kappa shape index (κ1) is 182. The van der Waals surface area contributed by atoms with Crippen molar-refractivity contribution in [1.82, 2.24) is 0 Å². The van der Waals surface area contributed by atoms with Gasteiger partial charge in [0.2, 0.25) is 0 Å². The van der Waals surface area contributed by atoms with Gasteiger partial charge in [0.05, 0.1) is 48.8 Å². The monoisotopic (exact) mass is 2150 g/mol. The van der Waals surface area contributed by atoms with Crippen molar-refractivity contribution in [2.45, 2.75) is 629 Å². The molecule has 0 saturated carbocycles. The van der Waals surface area contributed by atoms with E-state index < -0.39 is 0 Å². The molecule has 0 saturated heterocycles. The maximum Gasteiger partial charge on any atom is 0.0577 e. The highest BCUT2D eigenvalue weighted by Crippen LogP contribution is 2.42. The zero-order valence-electron chi connectivity index (χ0n) is 121. The third-order valence-corrected chi connectivity index (χ3v) is 35.4. The van der Waals surface area contributed by atoms with Gasteiger partial charge < -0.3 is 53.6 Å². The second kappa shape index (κ2) is 85.5. The summed E-state index contributed by atoms with van der Waals surface area (Å²) in [5, 5.41) is 36.6. The molecule has 4 N–H and O–H groups in total. The van der Waals surface area contributed by atoms with E-state index in [0.717, 1.165) is 116 Å². The smallest absolute Gasteiger partial charge is 0.0577 e. The zero-order chi connectivity index (χ0) is 125. The Hall–Kier alpha value is -0.440. The molecule has 0 aromatic rings. The highest BCUT2D eigenvalue weighted by molar-refractivity contribution is 4.85. The Labute approximate surface area is 956 Å². The molecule has 11 nitrogen and oxygen atoms in total. The number of rotatable bonds is 30. The van der Waals surface area contributed by atoms with E-state index in [9.17, 15) is 0 Å². The van der Waals surface area contributed by atoms with E-state index in [1.165, 1.54) is 19.3 Å². The van der Waals surface area contributed by atoms with Crippen LogP contribution in [-0.4, -0.2) is 138 Å². The number of hydrogen-bond donors (Lipinski definition) is 4. The lowest BCUT2D eigenvalue weighted by atomic mass is 9.73. The fourth-order valence-electron chi connectivity index (χ4n) is 17.0. The van der Waals surface area contributed by atoms with Crippen molar-refractivity contribution in [2.75, 3.05) is 68.6 Å². The molecule has 0 fully saturated rings. The molecule has 0 aromatic carbocycles. The van der Waals surface area contributed by atoms with Crippen molar-refractivity contribution in [2.24, 2.45) is 211 Å². The van der Waals surface area contributed by atoms with Crippen LogP contribution in [0.2, 0.25) is 0 Å². The van der Waals surface area contributed by atoms with Crippen LogP contribution in [0.4, 0.5) is 0 Å². The van der Waals surface area contributed by atoms with Gasteiger partial charge >= 0.3 is 0 Å². The standard InChI is InChI=1S/3C11H24O.2C10H22O.2C9H20O.4C9H20.4C8H18O/c3*1-9(2)10(7-8-12-6)11(3,4)5;2*1-7-11-9(3)8(2)10(4,5)6;2*1-7(8(2)10-6)9(3,4)5;4*1-7(2)8(3)9(4,5)6;4*1-6(7(2)9)8(3,4)5/h3*9-10H,7-8H2,1-6H3;2*8-9H,7H2,1-6H3;2*7-8H,1-6H3;4*7-8H,1-6H3;4*6-7,9H,1-5H3/t3*10-;8-,9+;8-,9-;2*7-,8-;4*8-;2*6-,7+;2*6-,7-/m110001011001010/s1. The van der Waals surface area contributed by atoms with E-state index in [1.807, 2.05) is 41.5 Å². The fraction of sp³-hybridized carbons (Fsp3) is 1.00. The fourth-order valence-corrected chi connectivity index (χ4v) is 17.0. The lowest BCUT2D eigenvalue weighted by Gasteiger charge is -2.33. The van der Waals surface area contributed by atoms with Crippen LogP contribution in [0, 0.1) is 211 Å². The maximum atomic E-state index is 9.16. The third-order valence-electron chi connectivity index (χ3n) is 35.4. The first-order valence-corrected chi connectivity index (χ1v) is 61.1. The van der Waals surface area contributed by atoms with Gasteiger partial charge in [-0.25, -0.2) is 0 Å². The number of aliphatic hydroxyl groups is 4. The summed E-state index contributed by atoms with van der Waals surface area (Å²) in [5.41, 5.74) is 5.50. The predicted octanol–water partition coefficient (Wildman–Crippen LogP) is 43.1. The Bertz CT molecular complexity index is 2450. The van der Waals surface area contributed by atoms with Crippen LogP contribution < -0.4 is 0 Å². The molecule has 23 atom stereocenters. The lowest BCUT2D eigenvalue weighted by Crippen LogP contribution is -2.29. The molecular weight excluding hydrogens is 1850 g/mol. The molecule has 0 rings (SSSR count). The van der Waals surface area contributed by atoms with Gasteiger partial charge in [0.25, 0.3) is 0 Å². The molecule has 0 radical (unpaired) electrons. The molecule has 0 aliphatic heterocycles. The minimum Gasteiger partial charge on any atom is -0.393 e. The van der Waals surface area contributed by atoms with Gasteiger partial charge in [-0.1, -0.05) is 492 Å². The Morgan fingerprint density at radius 3 is 0.313 bits per heavy atom. The molecular formula is C139H308O11. The Kier molecular flexibility index (Phi) is 104. The number of ether oxygens (including phenoxy) is 7. The molecule has 0 bridgehead atoms. The van der Waals surface area contributed by atoms with Crippen LogP contribution in [0.15, 0.2) is 0 Å². The average molecular weight is 2160 g/mol. The van der Waals surface area contributed by atoms with Crippen molar-refractivity contribution >= 4 is 0 Å². The normalized spacial score (nSPS) is 17.3. The molecule has 150 heavy (non-hydrogen) atoms. The van der Waals surface area contributed by atoms with E-state index in [-0.39, 0.29) is 46.1 Å². The minimum absolute atomic E-state index is 0.190. The van der Waals surface area contributed by atoms with Crippen molar-refractivity contribution < 1.29 is 53.6 Å². The van der Waals surface area contributed by atoms with Gasteiger partial charge in [-0.2, -0.15) is 0 Å². The van der Waals surface area contributed by atoms with Crippen LogP contribution in [0.1, 0.15) is 580 Å². The molecule has 0 unspecified atom stereocenters. The summed E-state index contributed by atoms with van der Waals surface area (Å²) in [4.78, 5) is 0.